The predicted molar refractivity (Wildman–Crippen MR) is 555 cm³/mol. The van der Waals surface area contributed by atoms with Crippen molar-refractivity contribution < 1.29 is 23.9 Å². The van der Waals surface area contributed by atoms with Gasteiger partial charge in [-0.3, -0.25) is 66.4 Å². The number of hydrogen-bond donors (Lipinski definition) is 6. The number of ether oxygens (including phenoxy) is 1. The first-order chi connectivity index (χ1) is 69.4. The Morgan fingerprint density at radius 1 is 0.361 bits per heavy atom. The molecule has 4 atom stereocenters. The van der Waals surface area contributed by atoms with Gasteiger partial charge < -0.3 is 31.3 Å². The molecule has 22 aromatic rings. The number of pyridine rings is 4. The molecule has 0 saturated heterocycles. The third-order valence-corrected chi connectivity index (χ3v) is 25.0. The standard InChI is InChI=1S/C29H25N7O2.C28H23N7O2.C26H24N6O2.C26H23N5O3.CH4/c1-18(32-28(37)25-19(2)33-35-14-8-13-30-27(25)35)24-15-20-9-7-12-23(21-16-31-34(3)17-21)26(20)29(38)36(24)22-10-5-4-6-11-22;1-17(31-27(36)24-18(2)33-34-15-7-13-29-26(24)34)23-16-19-8-6-11-21(22-12-14-30-32-22)25(19)28(37)35(23)20-9-4-3-5-10-20;1-16(29-25(33)22-17(2)30-31-14-8-13-28-24(22)31)21-15-18-9-7-12-20(27-3)23(18)26(34)32(21)19-10-5-4-6-11-19;1-16(28-25(32)22-17(2)29-30-14-8-13-27-24(22)30)20-15-18-9-7-12-21(34-3)23(18)26(33)31(20)19-10-5-4-6-11-19;/h4-18H,1-3H3,(H,32,37);3-17H,1-2H3,(H,30,32)(H,31,36);4-16,27H,1-3H3,(H,29,33);4-16H,1-3H3,(H,28,32);1H4/t18-;17-;2*16-;/m0000./s1. The average Bonchev–Trinajstić information content (AvgIpc) is 0.848. The molecule has 0 saturated carbocycles. The Morgan fingerprint density at radius 3 is 1.00 bits per heavy atom. The van der Waals surface area contributed by atoms with E-state index in [2.05, 4.69) is 82.2 Å². The summed E-state index contributed by atoms with van der Waals surface area (Å²) in [7, 11) is 5.19. The molecule has 0 aliphatic heterocycles. The van der Waals surface area contributed by atoms with Crippen molar-refractivity contribution in [3.05, 3.63) is 426 Å². The Labute approximate surface area is 822 Å². The van der Waals surface area contributed by atoms with E-state index in [1.807, 2.05) is 259 Å². The van der Waals surface area contributed by atoms with Crippen LogP contribution in [0.5, 0.6) is 5.75 Å². The third-order valence-electron chi connectivity index (χ3n) is 25.0. The van der Waals surface area contributed by atoms with Crippen LogP contribution in [-0.4, -0.2) is 134 Å². The second-order valence-corrected chi connectivity index (χ2v) is 34.2. The van der Waals surface area contributed by atoms with Crippen LogP contribution >= 0.6 is 0 Å². The zero-order valence-electron chi connectivity index (χ0n) is 79.5. The molecule has 6 N–H and O–H groups in total. The van der Waals surface area contributed by atoms with Gasteiger partial charge in [-0.15, -0.1) is 0 Å². The van der Waals surface area contributed by atoms with Gasteiger partial charge in [-0.2, -0.15) is 30.6 Å². The van der Waals surface area contributed by atoms with Crippen LogP contribution in [0.3, 0.4) is 0 Å². The van der Waals surface area contributed by atoms with Gasteiger partial charge in [0, 0.05) is 138 Å². The SMILES string of the molecule is C.CNc1cccc2cc([C@H](C)NC(=O)c3c(C)nn4cccnc34)n(-c3ccccc3)c(=O)c12.COc1cccc2cc([C@H](C)NC(=O)c3c(C)nn4cccnc34)n(-c3ccccc3)c(=O)c12.Cc1nn2cccnc2c1C(=O)N[C@@H](C)c1cc2cccc(-c3ccn[nH]3)c2c(=O)n1-c1ccccc1.Cc1nn2cccnc2c1C(=O)N[C@@H](C)c1cc2cccc(-c3cnn(C)c3)c2c(=O)n1-c1ccccc1. The summed E-state index contributed by atoms with van der Waals surface area (Å²) in [5, 5.41) is 49.6. The summed E-state index contributed by atoms with van der Waals surface area (Å²) in [4.78, 5) is 127. The lowest BCUT2D eigenvalue weighted by atomic mass is 9.99. The van der Waals surface area contributed by atoms with E-state index in [0.29, 0.717) is 135 Å². The summed E-state index contributed by atoms with van der Waals surface area (Å²) >= 11 is 0. The van der Waals surface area contributed by atoms with Crippen LogP contribution in [0.25, 0.3) is 111 Å². The zero-order chi connectivity index (χ0) is 99.5. The van der Waals surface area contributed by atoms with Crippen molar-refractivity contribution in [2.75, 3.05) is 19.5 Å². The maximum atomic E-state index is 14.2. The Morgan fingerprint density at radius 2 is 0.674 bits per heavy atom. The van der Waals surface area contributed by atoms with E-state index in [1.54, 1.807) is 175 Å². The maximum absolute atomic E-state index is 14.2. The maximum Gasteiger partial charge on any atom is 0.267 e. The van der Waals surface area contributed by atoms with E-state index < -0.39 is 24.2 Å². The highest BCUT2D eigenvalue weighted by Crippen LogP contribution is 2.35. The van der Waals surface area contributed by atoms with Gasteiger partial charge in [0.1, 0.15) is 28.0 Å². The lowest BCUT2D eigenvalue weighted by molar-refractivity contribution is 0.0931. The van der Waals surface area contributed by atoms with Crippen LogP contribution in [0.4, 0.5) is 5.69 Å². The number of rotatable bonds is 20. The molecule has 0 fully saturated rings. The number of aromatic nitrogens is 20. The monoisotopic (exact) mass is 1910 g/mol. The number of hydrogen-bond acceptors (Lipinski definition) is 20. The van der Waals surface area contributed by atoms with Gasteiger partial charge in [0.15, 0.2) is 22.6 Å². The first-order valence-corrected chi connectivity index (χ1v) is 46.0. The molecule has 14 aromatic heterocycles. The largest absolute Gasteiger partial charge is 0.496 e. The summed E-state index contributed by atoms with van der Waals surface area (Å²) in [6.45, 7) is 14.6. The average molecular weight is 1920 g/mol. The molecule has 718 valence electrons. The number of carbonyl (C=O) groups is 4. The summed E-state index contributed by atoms with van der Waals surface area (Å²) in [6.07, 6.45) is 18.8. The fourth-order valence-corrected chi connectivity index (χ4v) is 18.4. The number of aryl methyl sites for hydroxylation is 5. The van der Waals surface area contributed by atoms with Crippen molar-refractivity contribution in [3.8, 4) is 50.9 Å². The van der Waals surface area contributed by atoms with Crippen molar-refractivity contribution in [2.24, 2.45) is 7.05 Å². The number of carbonyl (C=O) groups excluding carboxylic acids is 4. The fraction of sp³-hybridized carbons (Fsp3) is 0.145. The van der Waals surface area contributed by atoms with Crippen molar-refractivity contribution in [2.45, 2.75) is 87.0 Å². The first kappa shape index (κ1) is 95.3. The highest BCUT2D eigenvalue weighted by atomic mass is 16.5. The Balaban J connectivity index is 0.000000126. The van der Waals surface area contributed by atoms with E-state index in [0.717, 1.165) is 55.3 Å². The zero-order valence-corrected chi connectivity index (χ0v) is 79.5. The molecule has 22 rings (SSSR count). The van der Waals surface area contributed by atoms with Gasteiger partial charge in [0.2, 0.25) is 0 Å². The summed E-state index contributed by atoms with van der Waals surface area (Å²) in [5.74, 6) is -0.716. The van der Waals surface area contributed by atoms with E-state index in [4.69, 9.17) is 4.74 Å². The number of nitrogens with zero attached hydrogens (tertiary/aromatic N) is 19. The van der Waals surface area contributed by atoms with Gasteiger partial charge in [-0.1, -0.05) is 141 Å². The number of H-pyrrole nitrogens is 1. The molecule has 0 aliphatic rings. The number of anilines is 1. The molecule has 0 unspecified atom stereocenters. The van der Waals surface area contributed by atoms with Gasteiger partial charge in [-0.05, 0) is 198 Å². The van der Waals surface area contributed by atoms with Crippen LogP contribution in [0.2, 0.25) is 0 Å². The summed E-state index contributed by atoms with van der Waals surface area (Å²) in [5.41, 5.74) is 14.6. The number of fused-ring (bicyclic) bond motifs is 8. The molecule has 0 spiro atoms. The fourth-order valence-electron chi connectivity index (χ4n) is 18.4. The van der Waals surface area contributed by atoms with Crippen LogP contribution < -0.4 is 53.6 Å². The van der Waals surface area contributed by atoms with E-state index >= 15 is 0 Å². The first-order valence-electron chi connectivity index (χ1n) is 46.0. The van der Waals surface area contributed by atoms with Gasteiger partial charge in [0.05, 0.1) is 87.5 Å². The second-order valence-electron chi connectivity index (χ2n) is 34.2. The molecule has 144 heavy (non-hydrogen) atoms. The smallest absolute Gasteiger partial charge is 0.267 e. The Hall–Kier alpha value is -19.0. The quantitative estimate of drug-likeness (QED) is 0.0413. The van der Waals surface area contributed by atoms with Crippen molar-refractivity contribution in [1.82, 2.24) is 118 Å². The van der Waals surface area contributed by atoms with Crippen LogP contribution in [-0.2, 0) is 7.05 Å². The lowest BCUT2D eigenvalue weighted by Crippen LogP contribution is -2.32. The summed E-state index contributed by atoms with van der Waals surface area (Å²) < 4.78 is 20.1. The number of para-hydroxylation sites is 4. The minimum absolute atomic E-state index is 0. The molecule has 0 aliphatic carbocycles. The van der Waals surface area contributed by atoms with Crippen LogP contribution in [0.1, 0.15) is 146 Å². The highest BCUT2D eigenvalue weighted by molar-refractivity contribution is 6.05. The molecule has 14 heterocycles. The van der Waals surface area contributed by atoms with Gasteiger partial charge >= 0.3 is 0 Å². The molecule has 8 aromatic carbocycles. The minimum Gasteiger partial charge on any atom is -0.496 e. The van der Waals surface area contributed by atoms with Crippen molar-refractivity contribution in [1.29, 1.82) is 0 Å². The van der Waals surface area contributed by atoms with Crippen molar-refractivity contribution >= 4 is 95.0 Å². The van der Waals surface area contributed by atoms with Crippen LogP contribution in [0.15, 0.2) is 336 Å². The molecule has 4 amide bonds. The normalized spacial score (nSPS) is 12.0. The molecular formula is C110H99N25O9. The molecule has 34 nitrogen and oxygen atoms in total. The Kier molecular flexibility index (Phi) is 26.9. The molecular weight excluding hydrogens is 1820 g/mol. The summed E-state index contributed by atoms with van der Waals surface area (Å²) in [6, 6.07) is 75.0. The van der Waals surface area contributed by atoms with Gasteiger partial charge in [0.25, 0.3) is 45.9 Å². The molecule has 34 heteroatoms. The van der Waals surface area contributed by atoms with Crippen LogP contribution in [0, 0.1) is 27.7 Å². The van der Waals surface area contributed by atoms with Gasteiger partial charge in [-0.25, -0.2) is 38.0 Å². The number of benzene rings is 8. The second kappa shape index (κ2) is 40.6. The number of aromatic amines is 1. The van der Waals surface area contributed by atoms with E-state index in [1.165, 1.54) is 0 Å². The predicted octanol–water partition coefficient (Wildman–Crippen LogP) is 16.8. The van der Waals surface area contributed by atoms with E-state index in [9.17, 15) is 38.4 Å². The Bertz CT molecular complexity index is 8690. The van der Waals surface area contributed by atoms with Crippen molar-refractivity contribution in [3.63, 3.8) is 0 Å². The third kappa shape index (κ3) is 18.2. The molecule has 0 radical (unpaired) electrons. The highest BCUT2D eigenvalue weighted by Gasteiger charge is 2.31. The molecule has 0 bridgehead atoms. The lowest BCUT2D eigenvalue weighted by Gasteiger charge is -2.21. The topological polar surface area (TPSA) is 393 Å². The number of methoxy groups -OCH3 is 1. The number of amides is 4. The minimum atomic E-state index is -0.501. The van der Waals surface area contributed by atoms with E-state index in [-0.39, 0.29) is 53.3 Å². The number of nitrogens with one attached hydrogen (secondary N) is 6.